The molecule has 0 N–H and O–H groups in total. The van der Waals surface area contributed by atoms with Crippen LogP contribution in [0.4, 0.5) is 0 Å². The Balaban J connectivity index is 2.93. The van der Waals surface area contributed by atoms with Gasteiger partial charge in [-0.15, -0.1) is 0 Å². The molecule has 0 aromatic carbocycles. The molecule has 0 spiro atoms. The Morgan fingerprint density at radius 3 is 2.42 bits per heavy atom. The lowest BCUT2D eigenvalue weighted by molar-refractivity contribution is -0.111. The number of amidine groups is 1. The van der Waals surface area contributed by atoms with Gasteiger partial charge in [-0.05, 0) is 0 Å². The average molecular weight is 187 g/mol. The lowest BCUT2D eigenvalue weighted by Gasteiger charge is -2.19. The molecule has 0 aromatic heterocycles. The van der Waals surface area contributed by atoms with Crippen LogP contribution in [0, 0.1) is 5.41 Å². The third kappa shape index (κ3) is 1.91. The first-order chi connectivity index (χ1) is 5.41. The number of rotatable bonds is 0. The number of nitrogens with zero attached hydrogens (tertiary/aromatic N) is 2. The Morgan fingerprint density at radius 1 is 1.42 bits per heavy atom. The number of halogens is 1. The van der Waals surface area contributed by atoms with Gasteiger partial charge in [0.2, 0.25) is 5.78 Å². The molecular weight excluding hydrogens is 176 g/mol. The molecule has 0 unspecified atom stereocenters. The van der Waals surface area contributed by atoms with E-state index in [1.165, 1.54) is 0 Å². The summed E-state index contributed by atoms with van der Waals surface area (Å²) in [6.07, 6.45) is 0. The molecule has 0 bridgehead atoms. The highest BCUT2D eigenvalue weighted by atomic mass is 35.5. The molecule has 0 aliphatic carbocycles. The third-order valence-corrected chi connectivity index (χ3v) is 1.77. The average Bonchev–Trinajstić information content (AvgIpc) is 1.92. The van der Waals surface area contributed by atoms with Crippen LogP contribution in [-0.4, -0.2) is 23.3 Å². The van der Waals surface area contributed by atoms with Gasteiger partial charge in [0, 0.05) is 5.41 Å². The Morgan fingerprint density at radius 2 is 2.00 bits per heavy atom. The predicted molar refractivity (Wildman–Crippen MR) is 50.1 cm³/mol. The molecule has 1 aliphatic heterocycles. The normalized spacial score (nSPS) is 18.8. The summed E-state index contributed by atoms with van der Waals surface area (Å²) in [5, 5.41) is 0.0509. The highest BCUT2D eigenvalue weighted by Crippen LogP contribution is 2.19. The summed E-state index contributed by atoms with van der Waals surface area (Å²) in [6.45, 7) is 6.08. The quantitative estimate of drug-likeness (QED) is 0.567. The highest BCUT2D eigenvalue weighted by Gasteiger charge is 2.24. The SMILES string of the molecule is CC(C)(C)C1=NCC(=O)C(Cl)=N1. The maximum Gasteiger partial charge on any atom is 0.214 e. The monoisotopic (exact) mass is 186 g/mol. The van der Waals surface area contributed by atoms with Crippen LogP contribution in [0.2, 0.25) is 0 Å². The Kier molecular flexibility index (Phi) is 2.33. The van der Waals surface area contributed by atoms with Gasteiger partial charge in [-0.2, -0.15) is 0 Å². The first kappa shape index (κ1) is 9.39. The van der Waals surface area contributed by atoms with Crippen LogP contribution in [0.1, 0.15) is 20.8 Å². The van der Waals surface area contributed by atoms with Crippen molar-refractivity contribution in [2.75, 3.05) is 6.54 Å². The van der Waals surface area contributed by atoms with E-state index in [2.05, 4.69) is 9.98 Å². The summed E-state index contributed by atoms with van der Waals surface area (Å²) in [7, 11) is 0. The van der Waals surface area contributed by atoms with Crippen molar-refractivity contribution in [3.05, 3.63) is 0 Å². The number of ketones is 1. The zero-order valence-electron chi connectivity index (χ0n) is 7.39. The van der Waals surface area contributed by atoms with Gasteiger partial charge in [-0.3, -0.25) is 9.79 Å². The van der Waals surface area contributed by atoms with E-state index in [0.717, 1.165) is 0 Å². The van der Waals surface area contributed by atoms with Crippen LogP contribution in [-0.2, 0) is 4.79 Å². The van der Waals surface area contributed by atoms with Gasteiger partial charge in [0.05, 0.1) is 0 Å². The minimum atomic E-state index is -0.204. The lowest BCUT2D eigenvalue weighted by Crippen LogP contribution is -2.27. The maximum absolute atomic E-state index is 10.9. The second-order valence-electron chi connectivity index (χ2n) is 3.72. The van der Waals surface area contributed by atoms with Crippen molar-refractivity contribution in [1.29, 1.82) is 0 Å². The number of hydrogen-bond acceptors (Lipinski definition) is 3. The predicted octanol–water partition coefficient (Wildman–Crippen LogP) is 1.65. The van der Waals surface area contributed by atoms with Crippen molar-refractivity contribution in [3.8, 4) is 0 Å². The topological polar surface area (TPSA) is 41.8 Å². The minimum Gasteiger partial charge on any atom is -0.289 e. The molecule has 3 nitrogen and oxygen atoms in total. The van der Waals surface area contributed by atoms with Crippen molar-refractivity contribution in [1.82, 2.24) is 0 Å². The van der Waals surface area contributed by atoms with Crippen LogP contribution in [0.3, 0.4) is 0 Å². The molecule has 1 aliphatic rings. The van der Waals surface area contributed by atoms with E-state index in [-0.39, 0.29) is 22.9 Å². The molecule has 1 rings (SSSR count). The summed E-state index contributed by atoms with van der Waals surface area (Å²) in [6, 6.07) is 0. The molecule has 12 heavy (non-hydrogen) atoms. The molecule has 0 saturated heterocycles. The smallest absolute Gasteiger partial charge is 0.214 e. The molecule has 66 valence electrons. The molecule has 0 fully saturated rings. The molecule has 4 heteroatoms. The summed E-state index contributed by atoms with van der Waals surface area (Å²) in [5.74, 6) is 0.441. The first-order valence-electron chi connectivity index (χ1n) is 3.73. The fourth-order valence-electron chi connectivity index (χ4n) is 0.807. The number of carbonyl (C=O) groups excluding carboxylic acids is 1. The minimum absolute atomic E-state index is 0.0509. The van der Waals surface area contributed by atoms with Crippen molar-refractivity contribution >= 4 is 28.4 Å². The first-order valence-corrected chi connectivity index (χ1v) is 4.11. The standard InChI is InChI=1S/C8H11ClN2O/c1-8(2,3)7-10-4-5(12)6(9)11-7/h4H2,1-3H3. The number of carbonyl (C=O) groups is 1. The summed E-state index contributed by atoms with van der Waals surface area (Å²) in [5.41, 5.74) is -0.138. The van der Waals surface area contributed by atoms with Crippen LogP contribution in [0.25, 0.3) is 0 Å². The number of aliphatic imine (C=N–C) groups is 2. The van der Waals surface area contributed by atoms with Gasteiger partial charge in [0.1, 0.15) is 12.4 Å². The second kappa shape index (κ2) is 2.98. The van der Waals surface area contributed by atoms with Crippen molar-refractivity contribution < 1.29 is 4.79 Å². The van der Waals surface area contributed by atoms with Crippen LogP contribution in [0.5, 0.6) is 0 Å². The van der Waals surface area contributed by atoms with Crippen LogP contribution in [0.15, 0.2) is 9.98 Å². The van der Waals surface area contributed by atoms with Gasteiger partial charge in [0.25, 0.3) is 0 Å². The van der Waals surface area contributed by atoms with Gasteiger partial charge < -0.3 is 0 Å². The molecule has 0 saturated carbocycles. The van der Waals surface area contributed by atoms with Gasteiger partial charge in [-0.1, -0.05) is 32.4 Å². The van der Waals surface area contributed by atoms with E-state index in [4.69, 9.17) is 11.6 Å². The largest absolute Gasteiger partial charge is 0.289 e. The maximum atomic E-state index is 10.9. The second-order valence-corrected chi connectivity index (χ2v) is 4.07. The van der Waals surface area contributed by atoms with Crippen LogP contribution >= 0.6 is 11.6 Å². The van der Waals surface area contributed by atoms with E-state index >= 15 is 0 Å². The van der Waals surface area contributed by atoms with Crippen molar-refractivity contribution in [2.24, 2.45) is 15.4 Å². The summed E-state index contributed by atoms with van der Waals surface area (Å²) in [4.78, 5) is 18.8. The summed E-state index contributed by atoms with van der Waals surface area (Å²) >= 11 is 5.59. The van der Waals surface area contributed by atoms with Gasteiger partial charge >= 0.3 is 0 Å². The molecule has 1 heterocycles. The van der Waals surface area contributed by atoms with Crippen molar-refractivity contribution in [2.45, 2.75) is 20.8 Å². The summed E-state index contributed by atoms with van der Waals surface area (Å²) < 4.78 is 0. The fourth-order valence-corrected chi connectivity index (χ4v) is 0.947. The van der Waals surface area contributed by atoms with E-state index in [0.29, 0.717) is 5.84 Å². The molecule has 0 atom stereocenters. The fraction of sp³-hybridized carbons (Fsp3) is 0.625. The van der Waals surface area contributed by atoms with E-state index in [1.54, 1.807) is 0 Å². The van der Waals surface area contributed by atoms with Crippen LogP contribution < -0.4 is 0 Å². The molecule has 0 radical (unpaired) electrons. The zero-order valence-corrected chi connectivity index (χ0v) is 8.14. The van der Waals surface area contributed by atoms with Gasteiger partial charge in [-0.25, -0.2) is 4.99 Å². The molecule has 0 amide bonds. The van der Waals surface area contributed by atoms with E-state index in [1.807, 2.05) is 20.8 Å². The molecular formula is C8H11ClN2O. The van der Waals surface area contributed by atoms with Crippen molar-refractivity contribution in [3.63, 3.8) is 0 Å². The number of hydrogen-bond donors (Lipinski definition) is 0. The van der Waals surface area contributed by atoms with Gasteiger partial charge in [0.15, 0.2) is 5.17 Å². The van der Waals surface area contributed by atoms with E-state index in [9.17, 15) is 4.79 Å². The third-order valence-electron chi connectivity index (χ3n) is 1.48. The Hall–Kier alpha value is -0.700. The van der Waals surface area contributed by atoms with E-state index < -0.39 is 0 Å². The highest BCUT2D eigenvalue weighted by molar-refractivity contribution is 6.84. The lowest BCUT2D eigenvalue weighted by atomic mass is 9.95. The Labute approximate surface area is 76.5 Å². The number of Topliss-reactive ketones (excluding diaryl/α,β-unsaturated/α-hetero) is 1. The zero-order chi connectivity index (χ0) is 9.35. The molecule has 0 aromatic rings. The Bertz CT molecular complexity index is 273.